The van der Waals surface area contributed by atoms with Gasteiger partial charge >= 0.3 is 0 Å². The molecule has 0 bridgehead atoms. The van der Waals surface area contributed by atoms with Gasteiger partial charge in [-0.25, -0.2) is 0 Å². The zero-order valence-corrected chi connectivity index (χ0v) is 18.0. The van der Waals surface area contributed by atoms with Gasteiger partial charge in [-0.1, -0.05) is 0 Å². The number of pyridine rings is 1. The number of rotatable bonds is 2. The number of halogens is 2. The number of aromatic nitrogens is 1. The van der Waals surface area contributed by atoms with Crippen molar-refractivity contribution in [1.82, 2.24) is 15.2 Å². The highest BCUT2D eigenvalue weighted by molar-refractivity contribution is 5.85. The van der Waals surface area contributed by atoms with Crippen LogP contribution in [0.15, 0.2) is 18.5 Å². The molecule has 4 heterocycles. The van der Waals surface area contributed by atoms with E-state index in [0.29, 0.717) is 6.04 Å². The molecule has 1 aromatic heterocycles. The van der Waals surface area contributed by atoms with Crippen LogP contribution in [0.3, 0.4) is 0 Å². The molecule has 0 radical (unpaired) electrons. The molecule has 5 nitrogen and oxygen atoms in total. The van der Waals surface area contributed by atoms with Gasteiger partial charge in [0.15, 0.2) is 0 Å². The molecule has 3 aliphatic heterocycles. The Morgan fingerprint density at radius 2 is 1.96 bits per heavy atom. The molecule has 4 rings (SSSR count). The van der Waals surface area contributed by atoms with E-state index in [4.69, 9.17) is 4.74 Å². The molecule has 1 spiro atoms. The van der Waals surface area contributed by atoms with Crippen molar-refractivity contribution in [2.24, 2.45) is 0 Å². The Morgan fingerprint density at radius 1 is 1.15 bits per heavy atom. The lowest BCUT2D eigenvalue weighted by molar-refractivity contribution is -0.120. The lowest BCUT2D eigenvalue weighted by Crippen LogP contribution is -2.53. The van der Waals surface area contributed by atoms with E-state index in [0.717, 1.165) is 32.8 Å². The Labute approximate surface area is 176 Å². The topological polar surface area (TPSA) is 40.6 Å². The number of nitrogens with one attached hydrogen (secondary N) is 1. The number of hydrogen-bond acceptors (Lipinski definition) is 5. The molecular formula is C20H34Cl2N4O. The average molecular weight is 417 g/mol. The van der Waals surface area contributed by atoms with E-state index in [1.54, 1.807) is 0 Å². The first-order valence-corrected chi connectivity index (χ1v) is 10.0. The molecule has 1 N–H and O–H groups in total. The van der Waals surface area contributed by atoms with Gasteiger partial charge in [0.1, 0.15) is 0 Å². The van der Waals surface area contributed by atoms with Gasteiger partial charge in [0, 0.05) is 56.9 Å². The van der Waals surface area contributed by atoms with Crippen molar-refractivity contribution >= 4 is 30.5 Å². The molecule has 0 amide bonds. The van der Waals surface area contributed by atoms with Crippen LogP contribution in [0.25, 0.3) is 0 Å². The molecule has 1 unspecified atom stereocenters. The molecule has 0 saturated carbocycles. The fourth-order valence-electron chi connectivity index (χ4n) is 4.91. The van der Waals surface area contributed by atoms with Gasteiger partial charge < -0.3 is 15.0 Å². The highest BCUT2D eigenvalue weighted by Crippen LogP contribution is 2.35. The van der Waals surface area contributed by atoms with Crippen LogP contribution in [-0.2, 0) is 4.74 Å². The second-order valence-corrected chi connectivity index (χ2v) is 7.97. The minimum atomic E-state index is 0. The fraction of sp³-hybridized carbons (Fsp3) is 0.750. The summed E-state index contributed by atoms with van der Waals surface area (Å²) in [5, 5.41) is 3.48. The van der Waals surface area contributed by atoms with Crippen molar-refractivity contribution in [2.45, 2.75) is 50.7 Å². The summed E-state index contributed by atoms with van der Waals surface area (Å²) in [7, 11) is 0. The number of piperidine rings is 1. The van der Waals surface area contributed by atoms with Gasteiger partial charge in [-0.05, 0) is 63.7 Å². The van der Waals surface area contributed by atoms with Crippen molar-refractivity contribution in [3.05, 3.63) is 24.0 Å². The van der Waals surface area contributed by atoms with Crippen LogP contribution in [0.2, 0.25) is 0 Å². The highest BCUT2D eigenvalue weighted by Gasteiger charge is 2.40. The van der Waals surface area contributed by atoms with Crippen LogP contribution in [0, 0.1) is 6.92 Å². The molecule has 7 heteroatoms. The van der Waals surface area contributed by atoms with E-state index in [1.165, 1.54) is 56.4 Å². The normalized spacial score (nSPS) is 26.0. The molecule has 1 atom stereocenters. The maximum Gasteiger partial charge on any atom is 0.0721 e. The molecule has 0 aliphatic carbocycles. The van der Waals surface area contributed by atoms with Crippen molar-refractivity contribution < 1.29 is 4.74 Å². The van der Waals surface area contributed by atoms with Crippen LogP contribution >= 0.6 is 24.8 Å². The van der Waals surface area contributed by atoms with Crippen molar-refractivity contribution in [3.63, 3.8) is 0 Å². The van der Waals surface area contributed by atoms with Gasteiger partial charge in [-0.2, -0.15) is 0 Å². The van der Waals surface area contributed by atoms with E-state index >= 15 is 0 Å². The second-order valence-electron chi connectivity index (χ2n) is 7.97. The van der Waals surface area contributed by atoms with E-state index in [-0.39, 0.29) is 30.4 Å². The van der Waals surface area contributed by atoms with E-state index in [2.05, 4.69) is 33.1 Å². The summed E-state index contributed by atoms with van der Waals surface area (Å²) in [5.74, 6) is 0. The maximum absolute atomic E-state index is 6.28. The van der Waals surface area contributed by atoms with Crippen molar-refractivity contribution in [3.8, 4) is 0 Å². The first-order valence-electron chi connectivity index (χ1n) is 10.0. The smallest absolute Gasteiger partial charge is 0.0721 e. The SMILES string of the molecule is Cc1cnccc1N1CCCN(C2CCOC3(CCNCC3)C2)CC1.Cl.Cl. The van der Waals surface area contributed by atoms with Crippen LogP contribution in [-0.4, -0.2) is 67.4 Å². The lowest BCUT2D eigenvalue weighted by atomic mass is 9.82. The second kappa shape index (κ2) is 10.3. The van der Waals surface area contributed by atoms with Gasteiger partial charge in [-0.15, -0.1) is 24.8 Å². The third-order valence-electron chi connectivity index (χ3n) is 6.36. The van der Waals surface area contributed by atoms with Crippen LogP contribution < -0.4 is 10.2 Å². The predicted molar refractivity (Wildman–Crippen MR) is 116 cm³/mol. The molecule has 0 aromatic carbocycles. The first kappa shape index (κ1) is 22.7. The van der Waals surface area contributed by atoms with Crippen LogP contribution in [0.5, 0.6) is 0 Å². The van der Waals surface area contributed by atoms with E-state index < -0.39 is 0 Å². The first-order chi connectivity index (χ1) is 12.3. The summed E-state index contributed by atoms with van der Waals surface area (Å²) in [5.41, 5.74) is 2.80. The fourth-order valence-corrected chi connectivity index (χ4v) is 4.91. The summed E-state index contributed by atoms with van der Waals surface area (Å²) in [6.45, 7) is 10.00. The Hall–Kier alpha value is -0.590. The third kappa shape index (κ3) is 5.27. The number of ether oxygens (including phenoxy) is 1. The quantitative estimate of drug-likeness (QED) is 0.801. The number of anilines is 1. The summed E-state index contributed by atoms with van der Waals surface area (Å²) in [6.07, 6.45) is 9.93. The lowest BCUT2D eigenvalue weighted by Gasteiger charge is -2.46. The Morgan fingerprint density at radius 3 is 2.74 bits per heavy atom. The molecular weight excluding hydrogens is 383 g/mol. The average Bonchev–Trinajstić information content (AvgIpc) is 2.89. The Balaban J connectivity index is 0.00000131. The zero-order chi connectivity index (χ0) is 17.1. The predicted octanol–water partition coefficient (Wildman–Crippen LogP) is 3.05. The molecule has 27 heavy (non-hydrogen) atoms. The van der Waals surface area contributed by atoms with E-state index in [1.807, 2.05) is 12.4 Å². The zero-order valence-electron chi connectivity index (χ0n) is 16.4. The minimum absolute atomic E-state index is 0. The Bertz CT molecular complexity index is 577. The largest absolute Gasteiger partial charge is 0.375 e. The molecule has 3 saturated heterocycles. The highest BCUT2D eigenvalue weighted by atomic mass is 35.5. The van der Waals surface area contributed by atoms with Crippen LogP contribution in [0.1, 0.15) is 37.7 Å². The molecule has 3 fully saturated rings. The van der Waals surface area contributed by atoms with E-state index in [9.17, 15) is 0 Å². The third-order valence-corrected chi connectivity index (χ3v) is 6.36. The summed E-state index contributed by atoms with van der Waals surface area (Å²) in [6, 6.07) is 2.87. The van der Waals surface area contributed by atoms with Gasteiger partial charge in [0.25, 0.3) is 0 Å². The monoisotopic (exact) mass is 416 g/mol. The summed E-state index contributed by atoms with van der Waals surface area (Å²) >= 11 is 0. The van der Waals surface area contributed by atoms with Gasteiger partial charge in [-0.3, -0.25) is 9.88 Å². The summed E-state index contributed by atoms with van der Waals surface area (Å²) < 4.78 is 6.28. The number of nitrogens with zero attached hydrogens (tertiary/aromatic N) is 3. The molecule has 1 aromatic rings. The Kier molecular flexibility index (Phi) is 8.63. The summed E-state index contributed by atoms with van der Waals surface area (Å²) in [4.78, 5) is 9.55. The van der Waals surface area contributed by atoms with Crippen LogP contribution in [0.4, 0.5) is 5.69 Å². The van der Waals surface area contributed by atoms with Crippen molar-refractivity contribution in [1.29, 1.82) is 0 Å². The number of aryl methyl sites for hydroxylation is 1. The van der Waals surface area contributed by atoms with Crippen molar-refractivity contribution in [2.75, 3.05) is 50.8 Å². The standard InChI is InChI=1S/C20H32N4O.2ClH/c1-17-16-22-7-3-19(17)24-11-2-10-23(12-13-24)18-4-14-25-20(15-18)5-8-21-9-6-20;;/h3,7,16,18,21H,2,4-6,8-15H2,1H3;2*1H. The minimum Gasteiger partial charge on any atom is -0.375 e. The molecule has 3 aliphatic rings. The van der Waals surface area contributed by atoms with Gasteiger partial charge in [0.05, 0.1) is 5.60 Å². The molecule has 154 valence electrons. The maximum atomic E-state index is 6.28. The number of hydrogen-bond donors (Lipinski definition) is 1. The van der Waals surface area contributed by atoms with Gasteiger partial charge in [0.2, 0.25) is 0 Å².